The molecule has 2 heterocycles. The highest BCUT2D eigenvalue weighted by Crippen LogP contribution is 2.24. The third-order valence-electron chi connectivity index (χ3n) is 4.61. The van der Waals surface area contributed by atoms with Gasteiger partial charge in [-0.2, -0.15) is 4.40 Å². The van der Waals surface area contributed by atoms with Crippen LogP contribution in [0.15, 0.2) is 59.4 Å². The lowest BCUT2D eigenvalue weighted by atomic mass is 10.1. The van der Waals surface area contributed by atoms with Crippen LogP contribution in [0.4, 0.5) is 0 Å². The van der Waals surface area contributed by atoms with Gasteiger partial charge in [0.05, 0.1) is 19.2 Å². The lowest BCUT2D eigenvalue weighted by Gasteiger charge is -2.17. The summed E-state index contributed by atoms with van der Waals surface area (Å²) in [5.41, 5.74) is 2.35. The maximum Gasteiger partial charge on any atom is 0.372 e. The number of hydrogen-bond acceptors (Lipinski definition) is 2. The molecular formula is C20H19N3O2. The van der Waals surface area contributed by atoms with E-state index in [0.29, 0.717) is 17.9 Å². The van der Waals surface area contributed by atoms with Gasteiger partial charge in [-0.3, -0.25) is 0 Å². The number of nitrogens with zero attached hydrogens (tertiary/aromatic N) is 3. The van der Waals surface area contributed by atoms with Crippen LogP contribution in [0, 0.1) is 0 Å². The third-order valence-corrected chi connectivity index (χ3v) is 4.61. The molecule has 0 bridgehead atoms. The number of aryl methyl sites for hydroxylation is 2. The molecule has 0 saturated heterocycles. The molecule has 5 nitrogen and oxygen atoms in total. The van der Waals surface area contributed by atoms with E-state index in [9.17, 15) is 9.90 Å². The number of benzene rings is 2. The molecule has 126 valence electrons. The van der Waals surface area contributed by atoms with Gasteiger partial charge in [0, 0.05) is 5.88 Å². The predicted molar refractivity (Wildman–Crippen MR) is 95.5 cm³/mol. The van der Waals surface area contributed by atoms with Crippen LogP contribution in [0.1, 0.15) is 13.3 Å². The van der Waals surface area contributed by atoms with Crippen LogP contribution in [-0.4, -0.2) is 8.97 Å². The molecule has 0 aliphatic rings. The Hall–Kier alpha value is -3.08. The molecule has 0 amide bonds. The molecule has 4 rings (SSSR count). The largest absolute Gasteiger partial charge is 0.848 e. The zero-order chi connectivity index (χ0) is 17.6. The highest BCUT2D eigenvalue weighted by molar-refractivity contribution is 5.81. The van der Waals surface area contributed by atoms with Gasteiger partial charge in [0.2, 0.25) is 0 Å². The summed E-state index contributed by atoms with van der Waals surface area (Å²) in [7, 11) is 1.89. The van der Waals surface area contributed by atoms with Crippen molar-refractivity contribution in [1.29, 1.82) is 0 Å². The van der Waals surface area contributed by atoms with Crippen LogP contribution in [0.3, 0.4) is 0 Å². The molecule has 2 aromatic heterocycles. The Morgan fingerprint density at radius 2 is 1.64 bits per heavy atom. The van der Waals surface area contributed by atoms with E-state index in [2.05, 4.69) is 0 Å². The first-order valence-corrected chi connectivity index (χ1v) is 8.43. The molecule has 0 aliphatic heterocycles. The molecule has 0 saturated carbocycles. The quantitative estimate of drug-likeness (QED) is 0.540. The van der Waals surface area contributed by atoms with Crippen LogP contribution in [0.5, 0.6) is 5.88 Å². The lowest BCUT2D eigenvalue weighted by Crippen LogP contribution is -2.44. The van der Waals surface area contributed by atoms with Crippen molar-refractivity contribution >= 4 is 16.8 Å². The van der Waals surface area contributed by atoms with Crippen LogP contribution < -0.4 is 15.2 Å². The molecule has 0 aliphatic carbocycles. The van der Waals surface area contributed by atoms with E-state index < -0.39 is 0 Å². The Bertz CT molecular complexity index is 1140. The summed E-state index contributed by atoms with van der Waals surface area (Å²) in [5.74, 6) is 0.390. The topological polar surface area (TPSA) is 53.4 Å². The second kappa shape index (κ2) is 5.77. The van der Waals surface area contributed by atoms with Crippen molar-refractivity contribution in [2.24, 2.45) is 7.05 Å². The first-order valence-electron chi connectivity index (χ1n) is 8.43. The smallest absolute Gasteiger partial charge is 0.372 e. The van der Waals surface area contributed by atoms with E-state index in [1.165, 1.54) is 0 Å². The van der Waals surface area contributed by atoms with Crippen LogP contribution >= 0.6 is 0 Å². The molecule has 4 aromatic rings. The minimum absolute atomic E-state index is 0.225. The van der Waals surface area contributed by atoms with E-state index in [1.54, 1.807) is 8.97 Å². The first-order chi connectivity index (χ1) is 12.1. The summed E-state index contributed by atoms with van der Waals surface area (Å²) in [5, 5.41) is 13.2. The SMILES string of the molecule is CCC[n+]1c([O-])c(-c2ccccc2)c(=O)n2c3ccccc3n(C)c21. The molecule has 0 unspecified atom stereocenters. The van der Waals surface area contributed by atoms with Gasteiger partial charge in [-0.25, -0.2) is 13.9 Å². The first kappa shape index (κ1) is 15.4. The average molecular weight is 333 g/mol. The minimum Gasteiger partial charge on any atom is -0.848 e. The summed E-state index contributed by atoms with van der Waals surface area (Å²) in [6, 6.07) is 16.9. The van der Waals surface area contributed by atoms with Crippen molar-refractivity contribution < 1.29 is 9.67 Å². The molecule has 0 spiro atoms. The summed E-state index contributed by atoms with van der Waals surface area (Å²) >= 11 is 0. The standard InChI is InChI=1S/C20H19N3O2/c1-3-13-22-18(24)17(14-9-5-4-6-10-14)19(25)23-16-12-8-7-11-15(16)21(2)20(22)23/h4-12H,3,13H2,1-2H3. The van der Waals surface area contributed by atoms with E-state index in [1.807, 2.05) is 73.1 Å². The van der Waals surface area contributed by atoms with Crippen molar-refractivity contribution in [2.75, 3.05) is 0 Å². The fourth-order valence-corrected chi connectivity index (χ4v) is 3.51. The molecule has 0 radical (unpaired) electrons. The fraction of sp³-hybridized carbons (Fsp3) is 0.200. The second-order valence-corrected chi connectivity index (χ2v) is 6.19. The highest BCUT2D eigenvalue weighted by Gasteiger charge is 2.25. The van der Waals surface area contributed by atoms with Crippen molar-refractivity contribution in [1.82, 2.24) is 8.97 Å². The van der Waals surface area contributed by atoms with Crippen molar-refractivity contribution in [3.8, 4) is 17.0 Å². The van der Waals surface area contributed by atoms with Crippen molar-refractivity contribution in [2.45, 2.75) is 19.9 Å². The highest BCUT2D eigenvalue weighted by atomic mass is 16.3. The van der Waals surface area contributed by atoms with Gasteiger partial charge < -0.3 is 5.11 Å². The molecule has 0 N–H and O–H groups in total. The predicted octanol–water partition coefficient (Wildman–Crippen LogP) is 2.23. The van der Waals surface area contributed by atoms with Crippen molar-refractivity contribution in [3.05, 3.63) is 65.0 Å². The number of imidazole rings is 1. The second-order valence-electron chi connectivity index (χ2n) is 6.19. The Kier molecular flexibility index (Phi) is 3.57. The van der Waals surface area contributed by atoms with Gasteiger partial charge in [0.1, 0.15) is 11.0 Å². The van der Waals surface area contributed by atoms with Gasteiger partial charge in [-0.15, -0.1) is 0 Å². The molecule has 25 heavy (non-hydrogen) atoms. The van der Waals surface area contributed by atoms with Gasteiger partial charge in [-0.05, 0) is 24.1 Å². The zero-order valence-corrected chi connectivity index (χ0v) is 14.3. The van der Waals surface area contributed by atoms with E-state index in [-0.39, 0.29) is 17.0 Å². The Morgan fingerprint density at radius 1 is 1.00 bits per heavy atom. The number of para-hydroxylation sites is 2. The van der Waals surface area contributed by atoms with Crippen molar-refractivity contribution in [3.63, 3.8) is 0 Å². The van der Waals surface area contributed by atoms with Gasteiger partial charge in [0.25, 0.3) is 0 Å². The normalized spacial score (nSPS) is 11.4. The van der Waals surface area contributed by atoms with Crippen LogP contribution in [0.2, 0.25) is 0 Å². The summed E-state index contributed by atoms with van der Waals surface area (Å²) in [6.45, 7) is 2.59. The molecular weight excluding hydrogens is 314 g/mol. The molecule has 0 fully saturated rings. The summed E-state index contributed by atoms with van der Waals surface area (Å²) < 4.78 is 5.29. The fourth-order valence-electron chi connectivity index (χ4n) is 3.51. The molecule has 2 aromatic carbocycles. The average Bonchev–Trinajstić information content (AvgIpc) is 2.93. The molecule has 0 atom stereocenters. The van der Waals surface area contributed by atoms with Gasteiger partial charge >= 0.3 is 11.3 Å². The summed E-state index contributed by atoms with van der Waals surface area (Å²) in [6.07, 6.45) is 0.809. The Morgan fingerprint density at radius 3 is 2.32 bits per heavy atom. The lowest BCUT2D eigenvalue weighted by molar-refractivity contribution is -0.717. The monoisotopic (exact) mass is 333 g/mol. The van der Waals surface area contributed by atoms with E-state index in [0.717, 1.165) is 17.5 Å². The third kappa shape index (κ3) is 2.16. The maximum atomic E-state index is 13.3. The number of rotatable bonds is 3. The number of fused-ring (bicyclic) bond motifs is 3. The minimum atomic E-state index is -0.268. The van der Waals surface area contributed by atoms with E-state index in [4.69, 9.17) is 0 Å². The number of hydrogen-bond donors (Lipinski definition) is 0. The van der Waals surface area contributed by atoms with Crippen LogP contribution in [-0.2, 0) is 13.6 Å². The Balaban J connectivity index is 2.26. The Labute approximate surface area is 145 Å². The molecule has 5 heteroatoms. The van der Waals surface area contributed by atoms with E-state index >= 15 is 0 Å². The summed E-state index contributed by atoms with van der Waals surface area (Å²) in [4.78, 5) is 13.3. The van der Waals surface area contributed by atoms with Gasteiger partial charge in [0.15, 0.2) is 0 Å². The zero-order valence-electron chi connectivity index (χ0n) is 14.3. The number of aromatic nitrogens is 3. The van der Waals surface area contributed by atoms with Gasteiger partial charge in [-0.1, -0.05) is 49.4 Å². The maximum absolute atomic E-state index is 13.3. The van der Waals surface area contributed by atoms with Crippen LogP contribution in [0.25, 0.3) is 27.9 Å².